The SMILES string of the molecule is CC(C)(Cc1ccc2ccccc2c1)NC[C@@H](O)COC(c1ccc(C(=O)O)s1)C1CC1. The molecule has 0 spiro atoms. The first kappa shape index (κ1) is 22.9. The summed E-state index contributed by atoms with van der Waals surface area (Å²) < 4.78 is 6.07. The third kappa shape index (κ3) is 5.95. The summed E-state index contributed by atoms with van der Waals surface area (Å²) in [6, 6.07) is 18.4. The van der Waals surface area contributed by atoms with Gasteiger partial charge in [0.15, 0.2) is 0 Å². The quantitative estimate of drug-likeness (QED) is 0.379. The molecular weight excluding hydrogens is 422 g/mol. The van der Waals surface area contributed by atoms with Crippen LogP contribution < -0.4 is 5.32 Å². The summed E-state index contributed by atoms with van der Waals surface area (Å²) >= 11 is 1.27. The Hall–Kier alpha value is -2.25. The molecule has 2 aromatic carbocycles. The van der Waals surface area contributed by atoms with Crippen LogP contribution in [0.4, 0.5) is 0 Å². The van der Waals surface area contributed by atoms with Crippen molar-refractivity contribution in [3.63, 3.8) is 0 Å². The number of carboxylic acids is 1. The van der Waals surface area contributed by atoms with Gasteiger partial charge in [-0.1, -0.05) is 42.5 Å². The van der Waals surface area contributed by atoms with Gasteiger partial charge in [0.1, 0.15) is 4.88 Å². The fourth-order valence-corrected chi connectivity index (χ4v) is 5.05. The summed E-state index contributed by atoms with van der Waals surface area (Å²) in [5, 5.41) is 25.7. The van der Waals surface area contributed by atoms with Gasteiger partial charge in [0.25, 0.3) is 0 Å². The lowest BCUT2D eigenvalue weighted by Crippen LogP contribution is -2.46. The lowest BCUT2D eigenvalue weighted by Gasteiger charge is -2.28. The van der Waals surface area contributed by atoms with Crippen molar-refractivity contribution in [2.45, 2.75) is 50.9 Å². The highest BCUT2D eigenvalue weighted by Crippen LogP contribution is 2.45. The second-order valence-corrected chi connectivity index (χ2v) is 10.5. The molecule has 1 aliphatic carbocycles. The van der Waals surface area contributed by atoms with Crippen molar-refractivity contribution in [1.82, 2.24) is 5.32 Å². The minimum atomic E-state index is -0.909. The smallest absolute Gasteiger partial charge is 0.345 e. The van der Waals surface area contributed by atoms with E-state index in [1.807, 2.05) is 12.1 Å². The van der Waals surface area contributed by atoms with E-state index in [0.717, 1.165) is 24.1 Å². The Morgan fingerprint density at radius 1 is 1.16 bits per heavy atom. The van der Waals surface area contributed by atoms with E-state index in [9.17, 15) is 15.0 Å². The third-order valence-corrected chi connectivity index (χ3v) is 7.05. The number of aliphatic hydroxyl groups is 1. The van der Waals surface area contributed by atoms with Gasteiger partial charge in [0.2, 0.25) is 0 Å². The summed E-state index contributed by atoms with van der Waals surface area (Å²) in [7, 11) is 0. The van der Waals surface area contributed by atoms with Gasteiger partial charge in [-0.15, -0.1) is 11.3 Å². The number of aliphatic hydroxyl groups excluding tert-OH is 1. The molecule has 0 bridgehead atoms. The van der Waals surface area contributed by atoms with Crippen molar-refractivity contribution in [2.24, 2.45) is 5.92 Å². The van der Waals surface area contributed by atoms with Crippen molar-refractivity contribution in [3.8, 4) is 0 Å². The van der Waals surface area contributed by atoms with Crippen LogP contribution in [0.15, 0.2) is 54.6 Å². The van der Waals surface area contributed by atoms with Crippen molar-refractivity contribution in [3.05, 3.63) is 69.9 Å². The highest BCUT2D eigenvalue weighted by Gasteiger charge is 2.35. The molecule has 3 N–H and O–H groups in total. The van der Waals surface area contributed by atoms with Crippen LogP contribution in [0, 0.1) is 5.92 Å². The van der Waals surface area contributed by atoms with Crippen LogP contribution >= 0.6 is 11.3 Å². The van der Waals surface area contributed by atoms with E-state index in [0.29, 0.717) is 17.3 Å². The van der Waals surface area contributed by atoms with Crippen molar-refractivity contribution < 1.29 is 19.7 Å². The van der Waals surface area contributed by atoms with Gasteiger partial charge in [-0.3, -0.25) is 0 Å². The van der Waals surface area contributed by atoms with E-state index in [4.69, 9.17) is 4.74 Å². The Labute approximate surface area is 193 Å². The van der Waals surface area contributed by atoms with Gasteiger partial charge in [-0.2, -0.15) is 0 Å². The van der Waals surface area contributed by atoms with Crippen molar-refractivity contribution in [2.75, 3.05) is 13.2 Å². The predicted molar refractivity (Wildman–Crippen MR) is 128 cm³/mol. The number of ether oxygens (including phenoxy) is 1. The van der Waals surface area contributed by atoms with Crippen LogP contribution in [-0.4, -0.2) is 41.0 Å². The van der Waals surface area contributed by atoms with E-state index in [1.165, 1.54) is 27.7 Å². The molecule has 1 heterocycles. The Kier molecular flexibility index (Phi) is 6.96. The zero-order valence-corrected chi connectivity index (χ0v) is 19.4. The van der Waals surface area contributed by atoms with Gasteiger partial charge in [0, 0.05) is 17.0 Å². The third-order valence-electron chi connectivity index (χ3n) is 5.91. The number of rotatable bonds is 11. The number of carboxylic acid groups (broad SMARTS) is 1. The van der Waals surface area contributed by atoms with E-state index >= 15 is 0 Å². The van der Waals surface area contributed by atoms with E-state index in [2.05, 4.69) is 55.6 Å². The van der Waals surface area contributed by atoms with Crippen LogP contribution in [0.2, 0.25) is 0 Å². The van der Waals surface area contributed by atoms with Crippen LogP contribution in [0.5, 0.6) is 0 Å². The minimum absolute atomic E-state index is 0.131. The average molecular weight is 454 g/mol. The Bertz CT molecular complexity index is 1070. The maximum atomic E-state index is 11.2. The van der Waals surface area contributed by atoms with Crippen LogP contribution in [0.1, 0.15) is 52.9 Å². The number of hydrogen-bond donors (Lipinski definition) is 3. The first-order chi connectivity index (χ1) is 15.3. The molecule has 3 aromatic rings. The van der Waals surface area contributed by atoms with Gasteiger partial charge >= 0.3 is 5.97 Å². The van der Waals surface area contributed by atoms with E-state index in [-0.39, 0.29) is 18.2 Å². The Morgan fingerprint density at radius 3 is 2.59 bits per heavy atom. The molecule has 1 aromatic heterocycles. The van der Waals surface area contributed by atoms with Gasteiger partial charge in [-0.05, 0) is 67.5 Å². The number of β-amino-alcohol motifs (C(OH)–C–C–N with tert-alkyl or cyclic N) is 1. The number of nitrogens with one attached hydrogen (secondary N) is 1. The molecule has 4 rings (SSSR count). The van der Waals surface area contributed by atoms with E-state index < -0.39 is 12.1 Å². The fourth-order valence-electron chi connectivity index (χ4n) is 4.06. The largest absolute Gasteiger partial charge is 0.477 e. The minimum Gasteiger partial charge on any atom is -0.477 e. The molecule has 1 fully saturated rings. The predicted octanol–water partition coefficient (Wildman–Crippen LogP) is 5.04. The fraction of sp³-hybridized carbons (Fsp3) is 0.423. The zero-order chi connectivity index (χ0) is 22.7. The number of hydrogen-bond acceptors (Lipinski definition) is 5. The Balaban J connectivity index is 1.28. The monoisotopic (exact) mass is 453 g/mol. The molecule has 5 nitrogen and oxygen atoms in total. The average Bonchev–Trinajstić information content (AvgIpc) is 3.47. The van der Waals surface area contributed by atoms with Crippen LogP contribution in [0.25, 0.3) is 10.8 Å². The second-order valence-electron chi connectivity index (χ2n) is 9.38. The number of thiophene rings is 1. The molecule has 170 valence electrons. The molecule has 1 unspecified atom stereocenters. The first-order valence-electron chi connectivity index (χ1n) is 11.2. The van der Waals surface area contributed by atoms with Gasteiger partial charge < -0.3 is 20.3 Å². The summed E-state index contributed by atoms with van der Waals surface area (Å²) in [5.41, 5.74) is 1.08. The van der Waals surface area contributed by atoms with Gasteiger partial charge in [-0.25, -0.2) is 4.79 Å². The molecule has 0 amide bonds. The molecule has 0 saturated heterocycles. The normalized spacial score (nSPS) is 16.2. The zero-order valence-electron chi connectivity index (χ0n) is 18.6. The molecule has 1 aliphatic rings. The van der Waals surface area contributed by atoms with E-state index in [1.54, 1.807) is 6.07 Å². The number of benzene rings is 2. The Morgan fingerprint density at radius 2 is 1.91 bits per heavy atom. The molecule has 0 aliphatic heterocycles. The standard InChI is InChI=1S/C26H31NO4S/c1-26(2,14-17-7-8-18-5-3-4-6-20(18)13-17)27-15-21(28)16-31-24(19-9-10-19)22-11-12-23(32-22)25(29)30/h3-8,11-13,19,21,24,27-28H,9-10,14-16H2,1-2H3,(H,29,30)/t21-,24?/m1/s1. The van der Waals surface area contributed by atoms with Crippen molar-refractivity contribution in [1.29, 1.82) is 0 Å². The highest BCUT2D eigenvalue weighted by atomic mass is 32.1. The summed E-state index contributed by atoms with van der Waals surface area (Å²) in [6.07, 6.45) is 2.25. The molecule has 2 atom stereocenters. The summed E-state index contributed by atoms with van der Waals surface area (Å²) in [6.45, 7) is 4.94. The maximum Gasteiger partial charge on any atom is 0.345 e. The maximum absolute atomic E-state index is 11.2. The first-order valence-corrected chi connectivity index (χ1v) is 12.0. The molecule has 0 radical (unpaired) electrons. The topological polar surface area (TPSA) is 78.8 Å². The molecule has 6 heteroatoms. The number of carbonyl (C=O) groups is 1. The second kappa shape index (κ2) is 9.71. The molecular formula is C26H31NO4S. The summed E-state index contributed by atoms with van der Waals surface area (Å²) in [5.74, 6) is -0.492. The van der Waals surface area contributed by atoms with Crippen LogP contribution in [-0.2, 0) is 11.2 Å². The molecule has 32 heavy (non-hydrogen) atoms. The van der Waals surface area contributed by atoms with Crippen LogP contribution in [0.3, 0.4) is 0 Å². The number of fused-ring (bicyclic) bond motifs is 1. The lowest BCUT2D eigenvalue weighted by atomic mass is 9.93. The highest BCUT2D eigenvalue weighted by molar-refractivity contribution is 7.14. The van der Waals surface area contributed by atoms with Gasteiger partial charge in [0.05, 0.1) is 18.8 Å². The summed E-state index contributed by atoms with van der Waals surface area (Å²) in [4.78, 5) is 12.4. The van der Waals surface area contributed by atoms with Crippen molar-refractivity contribution >= 4 is 28.1 Å². The molecule has 1 saturated carbocycles. The lowest BCUT2D eigenvalue weighted by molar-refractivity contribution is -0.0196. The number of aromatic carboxylic acids is 1.